The molecule has 1 aliphatic rings. The van der Waals surface area contributed by atoms with Crippen molar-refractivity contribution in [3.05, 3.63) is 53.3 Å². The Balaban J connectivity index is 1.90. The summed E-state index contributed by atoms with van der Waals surface area (Å²) in [6.45, 7) is 2.41. The largest absolute Gasteiger partial charge is 0.481 e. The van der Waals surface area contributed by atoms with Crippen molar-refractivity contribution in [2.24, 2.45) is 0 Å². The first-order chi connectivity index (χ1) is 12.3. The Hall–Kier alpha value is -2.41. The zero-order valence-electron chi connectivity index (χ0n) is 14.5. The fourth-order valence-corrected chi connectivity index (χ4v) is 4.76. The van der Waals surface area contributed by atoms with Gasteiger partial charge >= 0.3 is 5.97 Å². The molecule has 1 N–H and O–H groups in total. The van der Waals surface area contributed by atoms with E-state index in [1.165, 1.54) is 24.3 Å². The van der Waals surface area contributed by atoms with Gasteiger partial charge in [0.25, 0.3) is 0 Å². The molecule has 1 atom stereocenters. The fourth-order valence-electron chi connectivity index (χ4n) is 3.43. The minimum absolute atomic E-state index is 0.0725. The molecule has 1 unspecified atom stereocenters. The molecule has 2 aromatic rings. The van der Waals surface area contributed by atoms with Gasteiger partial charge < -0.3 is 9.67 Å². The number of carbonyl (C=O) groups excluding carboxylic acids is 1. The molecule has 2 heterocycles. The van der Waals surface area contributed by atoms with Crippen molar-refractivity contribution < 1.29 is 23.1 Å². The van der Waals surface area contributed by atoms with Crippen LogP contribution >= 0.6 is 0 Å². The summed E-state index contributed by atoms with van der Waals surface area (Å²) in [7, 11) is -3.32. The molecule has 1 aromatic carbocycles. The number of sulfone groups is 1. The number of carbonyl (C=O) groups is 2. The molecule has 0 aliphatic carbocycles. The molecule has 1 aliphatic heterocycles. The highest BCUT2D eigenvalue weighted by molar-refractivity contribution is 7.91. The first kappa shape index (κ1) is 18.4. The summed E-state index contributed by atoms with van der Waals surface area (Å²) in [5.74, 6) is -1.63. The number of hydrogen-bond donors (Lipinski definition) is 1. The number of carboxylic acid groups (broad SMARTS) is 1. The topological polar surface area (TPSA) is 93.4 Å². The van der Waals surface area contributed by atoms with Gasteiger partial charge in [-0.2, -0.15) is 0 Å². The lowest BCUT2D eigenvalue weighted by Gasteiger charge is -2.23. The monoisotopic (exact) mass is 375 g/mol. The number of carboxylic acids is 1. The number of benzene rings is 1. The van der Waals surface area contributed by atoms with Crippen molar-refractivity contribution >= 4 is 21.6 Å². The Bertz CT molecular complexity index is 941. The number of nitrogens with zero attached hydrogens (tertiary/aromatic N) is 1. The number of ketones is 1. The van der Waals surface area contributed by atoms with E-state index in [4.69, 9.17) is 0 Å². The second kappa shape index (κ2) is 7.07. The van der Waals surface area contributed by atoms with Crippen molar-refractivity contribution in [1.82, 2.24) is 4.57 Å². The molecule has 3 rings (SSSR count). The molecule has 0 radical (unpaired) electrons. The molecule has 0 saturated carbocycles. The van der Waals surface area contributed by atoms with Crippen molar-refractivity contribution in [2.45, 2.75) is 43.5 Å². The SMILES string of the molecule is CCCS(=O)(=O)c1ccc(C(=O)c2ccc3n2CCCC3C(=O)O)cc1. The summed E-state index contributed by atoms with van der Waals surface area (Å²) in [4.78, 5) is 24.4. The van der Waals surface area contributed by atoms with Crippen molar-refractivity contribution in [1.29, 1.82) is 0 Å². The summed E-state index contributed by atoms with van der Waals surface area (Å²) in [5.41, 5.74) is 1.48. The fraction of sp³-hybridized carbons (Fsp3) is 0.368. The Morgan fingerprint density at radius 2 is 1.85 bits per heavy atom. The predicted molar refractivity (Wildman–Crippen MR) is 96.3 cm³/mol. The first-order valence-electron chi connectivity index (χ1n) is 8.65. The molecule has 7 heteroatoms. The van der Waals surface area contributed by atoms with Gasteiger partial charge in [0, 0.05) is 17.8 Å². The lowest BCUT2D eigenvalue weighted by molar-refractivity contribution is -0.139. The molecule has 138 valence electrons. The second-order valence-electron chi connectivity index (χ2n) is 6.50. The van der Waals surface area contributed by atoms with E-state index in [0.717, 1.165) is 0 Å². The highest BCUT2D eigenvalue weighted by atomic mass is 32.2. The molecule has 0 amide bonds. The zero-order valence-corrected chi connectivity index (χ0v) is 15.3. The number of aromatic nitrogens is 1. The van der Waals surface area contributed by atoms with E-state index in [2.05, 4.69) is 0 Å². The maximum atomic E-state index is 12.8. The summed E-state index contributed by atoms with van der Waals surface area (Å²) in [6, 6.07) is 9.30. The lowest BCUT2D eigenvalue weighted by atomic mass is 9.96. The average Bonchev–Trinajstić information content (AvgIpc) is 3.05. The minimum atomic E-state index is -3.32. The van der Waals surface area contributed by atoms with Crippen LogP contribution in [0.4, 0.5) is 0 Å². The van der Waals surface area contributed by atoms with Gasteiger partial charge in [0.2, 0.25) is 5.78 Å². The Morgan fingerprint density at radius 3 is 2.46 bits per heavy atom. The molecule has 0 bridgehead atoms. The highest BCUT2D eigenvalue weighted by Crippen LogP contribution is 2.30. The number of fused-ring (bicyclic) bond motifs is 1. The summed E-state index contributed by atoms with van der Waals surface area (Å²) < 4.78 is 25.9. The van der Waals surface area contributed by atoms with Gasteiger partial charge in [-0.15, -0.1) is 0 Å². The van der Waals surface area contributed by atoms with E-state index >= 15 is 0 Å². The smallest absolute Gasteiger partial charge is 0.312 e. The Morgan fingerprint density at radius 1 is 1.15 bits per heavy atom. The molecule has 0 saturated heterocycles. The van der Waals surface area contributed by atoms with Crippen LogP contribution in [-0.2, 0) is 21.2 Å². The van der Waals surface area contributed by atoms with Gasteiger partial charge in [0.15, 0.2) is 9.84 Å². The zero-order chi connectivity index (χ0) is 18.9. The third-order valence-corrected chi connectivity index (χ3v) is 6.66. The highest BCUT2D eigenvalue weighted by Gasteiger charge is 2.29. The van der Waals surface area contributed by atoms with E-state index in [9.17, 15) is 23.1 Å². The van der Waals surface area contributed by atoms with Crippen molar-refractivity contribution in [3.8, 4) is 0 Å². The van der Waals surface area contributed by atoms with E-state index in [-0.39, 0.29) is 16.4 Å². The molecular weight excluding hydrogens is 354 g/mol. The van der Waals surface area contributed by atoms with Crippen LogP contribution in [0.1, 0.15) is 53.8 Å². The maximum absolute atomic E-state index is 12.8. The van der Waals surface area contributed by atoms with Crippen LogP contribution in [0.3, 0.4) is 0 Å². The summed E-state index contributed by atoms with van der Waals surface area (Å²) in [6.07, 6.45) is 1.80. The van der Waals surface area contributed by atoms with E-state index in [0.29, 0.717) is 42.8 Å². The normalized spacial score (nSPS) is 16.9. The first-order valence-corrected chi connectivity index (χ1v) is 10.3. The van der Waals surface area contributed by atoms with Crippen LogP contribution in [0, 0.1) is 0 Å². The van der Waals surface area contributed by atoms with E-state index in [1.807, 2.05) is 0 Å². The Labute approximate surface area is 152 Å². The van der Waals surface area contributed by atoms with Gasteiger partial charge in [-0.1, -0.05) is 6.92 Å². The Kier molecular flexibility index (Phi) is 5.00. The summed E-state index contributed by atoms with van der Waals surface area (Å²) in [5, 5.41) is 9.35. The predicted octanol–water partition coefficient (Wildman–Crippen LogP) is 2.86. The van der Waals surface area contributed by atoms with Gasteiger partial charge in [-0.3, -0.25) is 9.59 Å². The lowest BCUT2D eigenvalue weighted by Crippen LogP contribution is -2.23. The van der Waals surface area contributed by atoms with Crippen molar-refractivity contribution in [3.63, 3.8) is 0 Å². The van der Waals surface area contributed by atoms with Crippen molar-refractivity contribution in [2.75, 3.05) is 5.75 Å². The van der Waals surface area contributed by atoms with Crippen LogP contribution in [0.15, 0.2) is 41.3 Å². The average molecular weight is 375 g/mol. The standard InChI is InChI=1S/C19H21NO5S/c1-2-12-26(24,25)14-7-5-13(6-8-14)18(21)17-10-9-16-15(19(22)23)4-3-11-20(16)17/h5-10,15H,2-4,11-12H2,1H3,(H,22,23). The number of rotatable bonds is 6. The van der Waals surface area contributed by atoms with Crippen LogP contribution in [0.25, 0.3) is 0 Å². The third kappa shape index (κ3) is 3.31. The van der Waals surface area contributed by atoms with Crippen LogP contribution in [0.2, 0.25) is 0 Å². The molecular formula is C19H21NO5S. The number of aliphatic carboxylic acids is 1. The molecule has 1 aromatic heterocycles. The van der Waals surface area contributed by atoms with E-state index in [1.54, 1.807) is 23.6 Å². The van der Waals surface area contributed by atoms with Crippen LogP contribution in [0.5, 0.6) is 0 Å². The molecule has 6 nitrogen and oxygen atoms in total. The summed E-state index contributed by atoms with van der Waals surface area (Å²) >= 11 is 0. The van der Waals surface area contributed by atoms with Gasteiger partial charge in [0.05, 0.1) is 22.3 Å². The minimum Gasteiger partial charge on any atom is -0.481 e. The third-order valence-electron chi connectivity index (χ3n) is 4.73. The van der Waals surface area contributed by atoms with Gasteiger partial charge in [-0.05, 0) is 55.7 Å². The quantitative estimate of drug-likeness (QED) is 0.784. The molecule has 26 heavy (non-hydrogen) atoms. The van der Waals surface area contributed by atoms with Crippen LogP contribution < -0.4 is 0 Å². The van der Waals surface area contributed by atoms with Gasteiger partial charge in [-0.25, -0.2) is 8.42 Å². The molecule has 0 spiro atoms. The van der Waals surface area contributed by atoms with Crippen LogP contribution in [-0.4, -0.2) is 35.6 Å². The second-order valence-corrected chi connectivity index (χ2v) is 8.61. The van der Waals surface area contributed by atoms with Gasteiger partial charge in [0.1, 0.15) is 0 Å². The maximum Gasteiger partial charge on any atom is 0.312 e. The molecule has 0 fully saturated rings. The van der Waals surface area contributed by atoms with E-state index < -0.39 is 21.7 Å². The number of hydrogen-bond acceptors (Lipinski definition) is 4.